The molecule has 0 saturated carbocycles. The molecule has 0 spiro atoms. The maximum absolute atomic E-state index is 12.1. The van der Waals surface area contributed by atoms with Gasteiger partial charge in [-0.15, -0.1) is 22.0 Å². The summed E-state index contributed by atoms with van der Waals surface area (Å²) in [6.45, 7) is 5.84. The number of esters is 1. The number of thioether (sulfide) groups is 1. The van der Waals surface area contributed by atoms with Gasteiger partial charge in [0.1, 0.15) is 5.01 Å². The Morgan fingerprint density at radius 1 is 1.38 bits per heavy atom. The smallest absolute Gasteiger partial charge is 0.315 e. The zero-order chi connectivity index (χ0) is 17.5. The number of carbonyl (C=O) groups excluding carboxylic acids is 2. The number of aryl methyl sites for hydroxylation is 1. The summed E-state index contributed by atoms with van der Waals surface area (Å²) < 4.78 is 4.84. The molecular formula is C16H19N3O3S2. The minimum absolute atomic E-state index is 0.146. The fourth-order valence-electron chi connectivity index (χ4n) is 1.85. The zero-order valence-electron chi connectivity index (χ0n) is 13.7. The van der Waals surface area contributed by atoms with Crippen molar-refractivity contribution in [1.82, 2.24) is 10.2 Å². The van der Waals surface area contributed by atoms with E-state index in [0.29, 0.717) is 11.7 Å². The number of amides is 1. The molecule has 0 aliphatic rings. The summed E-state index contributed by atoms with van der Waals surface area (Å²) in [6, 6.07) is 7.94. The second kappa shape index (κ2) is 8.79. The van der Waals surface area contributed by atoms with Crippen molar-refractivity contribution in [1.29, 1.82) is 0 Å². The highest BCUT2D eigenvalue weighted by molar-refractivity contribution is 8.01. The third-order valence-electron chi connectivity index (χ3n) is 3.05. The molecule has 0 saturated heterocycles. The van der Waals surface area contributed by atoms with Crippen LogP contribution in [0.2, 0.25) is 0 Å². The number of anilines is 1. The second-order valence-corrected chi connectivity index (χ2v) is 7.34. The van der Waals surface area contributed by atoms with Gasteiger partial charge in [0.2, 0.25) is 11.0 Å². The first-order valence-corrected chi connectivity index (χ1v) is 9.34. The third kappa shape index (κ3) is 5.31. The van der Waals surface area contributed by atoms with Crippen LogP contribution in [0.3, 0.4) is 0 Å². The lowest BCUT2D eigenvalue weighted by Crippen LogP contribution is -2.24. The van der Waals surface area contributed by atoms with Crippen LogP contribution in [0.15, 0.2) is 24.3 Å². The van der Waals surface area contributed by atoms with E-state index < -0.39 is 0 Å². The molecule has 2 rings (SSSR count). The van der Waals surface area contributed by atoms with Gasteiger partial charge in [0.05, 0.1) is 17.6 Å². The van der Waals surface area contributed by atoms with Gasteiger partial charge in [0, 0.05) is 5.56 Å². The quantitative estimate of drug-likeness (QED) is 0.759. The molecule has 0 aliphatic carbocycles. The van der Waals surface area contributed by atoms with Crippen molar-refractivity contribution >= 4 is 40.1 Å². The second-order valence-electron chi connectivity index (χ2n) is 5.03. The van der Waals surface area contributed by atoms with E-state index in [9.17, 15) is 9.59 Å². The normalized spacial score (nSPS) is 11.8. The van der Waals surface area contributed by atoms with Crippen molar-refractivity contribution in [2.75, 3.05) is 17.7 Å². The van der Waals surface area contributed by atoms with Crippen molar-refractivity contribution in [2.45, 2.75) is 26.0 Å². The molecule has 1 atom stereocenters. The molecule has 1 heterocycles. The molecular weight excluding hydrogens is 346 g/mol. The Morgan fingerprint density at radius 3 is 2.88 bits per heavy atom. The SMILES string of the molecule is CCOC(=O)CSC(C)C(=O)Nc1nnc(-c2cccc(C)c2)s1. The van der Waals surface area contributed by atoms with E-state index in [1.54, 1.807) is 13.8 Å². The highest BCUT2D eigenvalue weighted by Crippen LogP contribution is 2.27. The standard InChI is InChI=1S/C16H19N3O3S2/c1-4-22-13(20)9-23-11(3)14(21)17-16-19-18-15(24-16)12-7-5-6-10(2)8-12/h5-8,11H,4,9H2,1-3H3,(H,17,19,21). The first-order valence-electron chi connectivity index (χ1n) is 7.48. The van der Waals surface area contributed by atoms with E-state index in [4.69, 9.17) is 4.74 Å². The van der Waals surface area contributed by atoms with Gasteiger partial charge in [-0.25, -0.2) is 0 Å². The molecule has 1 unspecified atom stereocenters. The lowest BCUT2D eigenvalue weighted by molar-refractivity contribution is -0.139. The number of benzene rings is 1. The molecule has 1 N–H and O–H groups in total. The average molecular weight is 365 g/mol. The maximum atomic E-state index is 12.1. The van der Waals surface area contributed by atoms with E-state index >= 15 is 0 Å². The molecule has 24 heavy (non-hydrogen) atoms. The molecule has 128 valence electrons. The molecule has 1 aromatic carbocycles. The van der Waals surface area contributed by atoms with Crippen LogP contribution in [-0.2, 0) is 14.3 Å². The summed E-state index contributed by atoms with van der Waals surface area (Å²) in [6.07, 6.45) is 0. The van der Waals surface area contributed by atoms with Gasteiger partial charge in [-0.3, -0.25) is 14.9 Å². The summed E-state index contributed by atoms with van der Waals surface area (Å²) in [5.41, 5.74) is 2.11. The molecule has 0 radical (unpaired) electrons. The van der Waals surface area contributed by atoms with E-state index in [0.717, 1.165) is 16.1 Å². The Labute approximate surface area is 149 Å². The maximum Gasteiger partial charge on any atom is 0.315 e. The Hall–Kier alpha value is -1.93. The minimum Gasteiger partial charge on any atom is -0.465 e. The van der Waals surface area contributed by atoms with Crippen molar-refractivity contribution in [2.24, 2.45) is 0 Å². The fourth-order valence-corrected chi connectivity index (χ4v) is 3.27. The zero-order valence-corrected chi connectivity index (χ0v) is 15.4. The monoisotopic (exact) mass is 365 g/mol. The van der Waals surface area contributed by atoms with Crippen LogP contribution in [0, 0.1) is 6.92 Å². The molecule has 0 aliphatic heterocycles. The summed E-state index contributed by atoms with van der Waals surface area (Å²) in [5, 5.41) is 11.7. The summed E-state index contributed by atoms with van der Waals surface area (Å²) in [4.78, 5) is 23.5. The topological polar surface area (TPSA) is 81.2 Å². The number of rotatable bonds is 7. The van der Waals surface area contributed by atoms with Crippen LogP contribution in [0.4, 0.5) is 5.13 Å². The lowest BCUT2D eigenvalue weighted by Gasteiger charge is -2.09. The first-order chi connectivity index (χ1) is 11.5. The average Bonchev–Trinajstić information content (AvgIpc) is 3.01. The predicted octanol–water partition coefficient (Wildman–Crippen LogP) is 3.14. The number of hydrogen-bond acceptors (Lipinski definition) is 7. The van der Waals surface area contributed by atoms with Crippen molar-refractivity contribution < 1.29 is 14.3 Å². The molecule has 0 fully saturated rings. The van der Waals surface area contributed by atoms with Gasteiger partial charge >= 0.3 is 5.97 Å². The van der Waals surface area contributed by atoms with Crippen LogP contribution in [-0.4, -0.2) is 39.7 Å². The summed E-state index contributed by atoms with van der Waals surface area (Å²) >= 11 is 2.54. The first kappa shape index (κ1) is 18.4. The van der Waals surface area contributed by atoms with Gasteiger partial charge in [-0.2, -0.15) is 0 Å². The number of hydrogen-bond donors (Lipinski definition) is 1. The van der Waals surface area contributed by atoms with Gasteiger partial charge in [-0.1, -0.05) is 35.1 Å². The Balaban J connectivity index is 1.91. The molecule has 0 bridgehead atoms. The van der Waals surface area contributed by atoms with Gasteiger partial charge in [0.15, 0.2) is 0 Å². The van der Waals surface area contributed by atoms with Crippen LogP contribution in [0.1, 0.15) is 19.4 Å². The van der Waals surface area contributed by atoms with E-state index in [1.165, 1.54) is 23.1 Å². The van der Waals surface area contributed by atoms with Crippen LogP contribution in [0.25, 0.3) is 10.6 Å². The molecule has 2 aromatic rings. The number of nitrogens with zero attached hydrogens (tertiary/aromatic N) is 2. The van der Waals surface area contributed by atoms with Crippen molar-refractivity contribution in [3.05, 3.63) is 29.8 Å². The summed E-state index contributed by atoms with van der Waals surface area (Å²) in [7, 11) is 0. The number of aromatic nitrogens is 2. The molecule has 1 aromatic heterocycles. The Kier molecular flexibility index (Phi) is 6.74. The largest absolute Gasteiger partial charge is 0.465 e. The molecule has 8 heteroatoms. The fraction of sp³-hybridized carbons (Fsp3) is 0.375. The van der Waals surface area contributed by atoms with Gasteiger partial charge in [-0.05, 0) is 26.8 Å². The molecule has 1 amide bonds. The van der Waals surface area contributed by atoms with Crippen LogP contribution < -0.4 is 5.32 Å². The highest BCUT2D eigenvalue weighted by Gasteiger charge is 2.18. The van der Waals surface area contributed by atoms with Crippen molar-refractivity contribution in [3.8, 4) is 10.6 Å². The van der Waals surface area contributed by atoms with E-state index in [2.05, 4.69) is 15.5 Å². The number of nitrogens with one attached hydrogen (secondary N) is 1. The number of carbonyl (C=O) groups is 2. The van der Waals surface area contributed by atoms with Gasteiger partial charge < -0.3 is 4.74 Å². The Bertz CT molecular complexity index is 718. The van der Waals surface area contributed by atoms with E-state index in [1.807, 2.05) is 31.2 Å². The Morgan fingerprint density at radius 2 is 2.17 bits per heavy atom. The van der Waals surface area contributed by atoms with Gasteiger partial charge in [0.25, 0.3) is 0 Å². The predicted molar refractivity (Wildman–Crippen MR) is 97.3 cm³/mol. The van der Waals surface area contributed by atoms with E-state index in [-0.39, 0.29) is 22.9 Å². The highest BCUT2D eigenvalue weighted by atomic mass is 32.2. The minimum atomic E-state index is -0.388. The molecule has 6 nitrogen and oxygen atoms in total. The third-order valence-corrected chi connectivity index (χ3v) is 5.05. The summed E-state index contributed by atoms with van der Waals surface area (Å²) in [5.74, 6) is -0.386. The van der Waals surface area contributed by atoms with Crippen LogP contribution in [0.5, 0.6) is 0 Å². The van der Waals surface area contributed by atoms with Crippen molar-refractivity contribution in [3.63, 3.8) is 0 Å². The lowest BCUT2D eigenvalue weighted by atomic mass is 10.1. The number of ether oxygens (including phenoxy) is 1. The van der Waals surface area contributed by atoms with Crippen LogP contribution >= 0.6 is 23.1 Å².